The van der Waals surface area contributed by atoms with Crippen LogP contribution < -0.4 is 5.32 Å². The molecule has 1 fully saturated rings. The maximum absolute atomic E-state index is 13.5. The molecule has 0 bridgehead atoms. The molecule has 2 rings (SSSR count). The first-order chi connectivity index (χ1) is 10.2. The molecule has 1 aliphatic carbocycles. The van der Waals surface area contributed by atoms with Crippen LogP contribution in [0.1, 0.15) is 36.5 Å². The van der Waals surface area contributed by atoms with E-state index in [1.807, 2.05) is 6.92 Å². The Balaban J connectivity index is 2.20. The highest BCUT2D eigenvalue weighted by Crippen LogP contribution is 2.34. The minimum absolute atomic E-state index is 0.0917. The van der Waals surface area contributed by atoms with Crippen molar-refractivity contribution in [2.75, 3.05) is 0 Å². The maximum Gasteiger partial charge on any atom is 0.329 e. The standard InChI is InChI=1S/C15H15F2NO4/c1-8-4-5-15(7-8,14(21)22)18-13(20)12(19)10-3-2-9(16)6-11(10)17/h2-3,6,8H,4-5,7H2,1H3,(H,18,20)(H,21,22). The van der Waals surface area contributed by atoms with E-state index in [0.29, 0.717) is 12.5 Å². The van der Waals surface area contributed by atoms with E-state index >= 15 is 0 Å². The monoisotopic (exact) mass is 311 g/mol. The van der Waals surface area contributed by atoms with Gasteiger partial charge in [0.25, 0.3) is 11.7 Å². The van der Waals surface area contributed by atoms with Gasteiger partial charge in [0.1, 0.15) is 17.2 Å². The fraction of sp³-hybridized carbons (Fsp3) is 0.400. The number of Topliss-reactive ketones (excluding diaryl/α,β-unsaturated/α-hetero) is 1. The summed E-state index contributed by atoms with van der Waals surface area (Å²) in [5.41, 5.74) is -2.10. The second-order valence-corrected chi connectivity index (χ2v) is 5.64. The van der Waals surface area contributed by atoms with Gasteiger partial charge in [0.2, 0.25) is 0 Å². The topological polar surface area (TPSA) is 83.5 Å². The molecule has 2 N–H and O–H groups in total. The lowest BCUT2D eigenvalue weighted by atomic mass is 9.95. The van der Waals surface area contributed by atoms with E-state index in [2.05, 4.69) is 5.32 Å². The molecule has 0 aromatic heterocycles. The Bertz CT molecular complexity index is 646. The zero-order valence-electron chi connectivity index (χ0n) is 11.9. The van der Waals surface area contributed by atoms with Crippen molar-refractivity contribution >= 4 is 17.7 Å². The van der Waals surface area contributed by atoms with Crippen molar-refractivity contribution in [2.24, 2.45) is 5.92 Å². The summed E-state index contributed by atoms with van der Waals surface area (Å²) in [5.74, 6) is -5.60. The molecule has 1 aromatic rings. The molecule has 2 unspecified atom stereocenters. The highest BCUT2D eigenvalue weighted by molar-refractivity contribution is 6.43. The van der Waals surface area contributed by atoms with Gasteiger partial charge in [0.15, 0.2) is 0 Å². The Labute approximate surface area is 125 Å². The molecule has 1 aliphatic rings. The third kappa shape index (κ3) is 2.98. The van der Waals surface area contributed by atoms with Gasteiger partial charge < -0.3 is 10.4 Å². The van der Waals surface area contributed by atoms with Crippen LogP contribution in [0.3, 0.4) is 0 Å². The third-order valence-corrected chi connectivity index (χ3v) is 3.91. The van der Waals surface area contributed by atoms with Gasteiger partial charge in [-0.25, -0.2) is 13.6 Å². The lowest BCUT2D eigenvalue weighted by Crippen LogP contribution is -2.54. The van der Waals surface area contributed by atoms with Gasteiger partial charge in [-0.3, -0.25) is 9.59 Å². The molecule has 1 saturated carbocycles. The lowest BCUT2D eigenvalue weighted by Gasteiger charge is -2.25. The van der Waals surface area contributed by atoms with Crippen molar-refractivity contribution in [3.05, 3.63) is 35.4 Å². The number of amides is 1. The van der Waals surface area contributed by atoms with E-state index in [1.54, 1.807) is 0 Å². The van der Waals surface area contributed by atoms with Crippen molar-refractivity contribution in [1.29, 1.82) is 0 Å². The van der Waals surface area contributed by atoms with Gasteiger partial charge in [-0.05, 0) is 37.3 Å². The van der Waals surface area contributed by atoms with Gasteiger partial charge >= 0.3 is 5.97 Å². The minimum Gasteiger partial charge on any atom is -0.480 e. The van der Waals surface area contributed by atoms with Crippen LogP contribution in [0.5, 0.6) is 0 Å². The second kappa shape index (κ2) is 5.82. The van der Waals surface area contributed by atoms with E-state index in [-0.39, 0.29) is 18.8 Å². The number of hydrogen-bond donors (Lipinski definition) is 2. The summed E-state index contributed by atoms with van der Waals surface area (Å²) in [7, 11) is 0. The molecule has 0 heterocycles. The van der Waals surface area contributed by atoms with Gasteiger partial charge in [-0.1, -0.05) is 6.92 Å². The van der Waals surface area contributed by atoms with Crippen molar-refractivity contribution < 1.29 is 28.3 Å². The maximum atomic E-state index is 13.5. The molecule has 0 saturated heterocycles. The van der Waals surface area contributed by atoms with Crippen LogP contribution >= 0.6 is 0 Å². The van der Waals surface area contributed by atoms with Crippen LogP contribution in [0, 0.1) is 17.6 Å². The quantitative estimate of drug-likeness (QED) is 0.657. The van der Waals surface area contributed by atoms with E-state index in [4.69, 9.17) is 0 Å². The Hall–Kier alpha value is -2.31. The normalized spacial score (nSPS) is 24.0. The van der Waals surface area contributed by atoms with E-state index in [9.17, 15) is 28.3 Å². The molecule has 0 spiro atoms. The predicted octanol–water partition coefficient (Wildman–Crippen LogP) is 1.91. The summed E-state index contributed by atoms with van der Waals surface area (Å²) in [4.78, 5) is 35.3. The first-order valence-electron chi connectivity index (χ1n) is 6.80. The van der Waals surface area contributed by atoms with Gasteiger partial charge in [-0.2, -0.15) is 0 Å². The number of halogens is 2. The predicted molar refractivity (Wildman–Crippen MR) is 72.2 cm³/mol. The molecule has 118 valence electrons. The number of carbonyl (C=O) groups excluding carboxylic acids is 2. The lowest BCUT2D eigenvalue weighted by molar-refractivity contribution is -0.146. The number of aliphatic carboxylic acids is 1. The average Bonchev–Trinajstić information content (AvgIpc) is 2.80. The first kappa shape index (κ1) is 16.1. The molecule has 0 radical (unpaired) electrons. The summed E-state index contributed by atoms with van der Waals surface area (Å²) in [6, 6.07) is 2.20. The SMILES string of the molecule is CC1CCC(NC(=O)C(=O)c2ccc(F)cc2F)(C(=O)O)C1. The number of benzene rings is 1. The number of ketones is 1. The van der Waals surface area contributed by atoms with Gasteiger partial charge in [0, 0.05) is 6.07 Å². The molecular weight excluding hydrogens is 296 g/mol. The molecular formula is C15H15F2NO4. The van der Waals surface area contributed by atoms with E-state index < -0.39 is 40.4 Å². The summed E-state index contributed by atoms with van der Waals surface area (Å²) in [5, 5.41) is 11.5. The van der Waals surface area contributed by atoms with Crippen molar-refractivity contribution in [2.45, 2.75) is 31.7 Å². The van der Waals surface area contributed by atoms with Crippen molar-refractivity contribution in [3.8, 4) is 0 Å². The second-order valence-electron chi connectivity index (χ2n) is 5.64. The summed E-state index contributed by atoms with van der Waals surface area (Å²) < 4.78 is 26.4. The molecule has 1 amide bonds. The van der Waals surface area contributed by atoms with Crippen LogP contribution in [0.25, 0.3) is 0 Å². The van der Waals surface area contributed by atoms with E-state index in [1.165, 1.54) is 0 Å². The van der Waals surface area contributed by atoms with Gasteiger partial charge in [0.05, 0.1) is 5.56 Å². The highest BCUT2D eigenvalue weighted by Gasteiger charge is 2.46. The number of hydrogen-bond acceptors (Lipinski definition) is 3. The van der Waals surface area contributed by atoms with Crippen molar-refractivity contribution in [1.82, 2.24) is 5.32 Å². The first-order valence-corrected chi connectivity index (χ1v) is 6.80. The Kier molecular flexibility index (Phi) is 4.25. The van der Waals surface area contributed by atoms with Crippen LogP contribution in [-0.4, -0.2) is 28.3 Å². The van der Waals surface area contributed by atoms with Crippen LogP contribution in [0.4, 0.5) is 8.78 Å². The number of carboxylic acids is 1. The summed E-state index contributed by atoms with van der Waals surface area (Å²) in [6.07, 6.45) is 1.01. The third-order valence-electron chi connectivity index (χ3n) is 3.91. The average molecular weight is 311 g/mol. The van der Waals surface area contributed by atoms with Crippen molar-refractivity contribution in [3.63, 3.8) is 0 Å². The Morgan fingerprint density at radius 3 is 2.50 bits per heavy atom. The van der Waals surface area contributed by atoms with E-state index in [0.717, 1.165) is 12.1 Å². The Morgan fingerprint density at radius 2 is 2.00 bits per heavy atom. The molecule has 2 atom stereocenters. The number of nitrogens with one attached hydrogen (secondary N) is 1. The molecule has 5 nitrogen and oxygen atoms in total. The van der Waals surface area contributed by atoms with Gasteiger partial charge in [-0.15, -0.1) is 0 Å². The molecule has 1 aromatic carbocycles. The zero-order chi connectivity index (χ0) is 16.5. The number of carbonyl (C=O) groups is 3. The van der Waals surface area contributed by atoms with Crippen LogP contribution in [0.2, 0.25) is 0 Å². The van der Waals surface area contributed by atoms with Crippen LogP contribution in [-0.2, 0) is 9.59 Å². The fourth-order valence-corrected chi connectivity index (χ4v) is 2.72. The zero-order valence-corrected chi connectivity index (χ0v) is 11.9. The smallest absolute Gasteiger partial charge is 0.329 e. The summed E-state index contributed by atoms with van der Waals surface area (Å²) in [6.45, 7) is 1.85. The number of rotatable bonds is 4. The summed E-state index contributed by atoms with van der Waals surface area (Å²) >= 11 is 0. The molecule has 0 aliphatic heterocycles. The molecule has 7 heteroatoms. The molecule has 22 heavy (non-hydrogen) atoms. The highest BCUT2D eigenvalue weighted by atomic mass is 19.1. The minimum atomic E-state index is -1.51. The fourth-order valence-electron chi connectivity index (χ4n) is 2.72. The largest absolute Gasteiger partial charge is 0.480 e. The number of carboxylic acid groups (broad SMARTS) is 1. The Morgan fingerprint density at radius 1 is 1.32 bits per heavy atom. The van der Waals surface area contributed by atoms with Crippen LogP contribution in [0.15, 0.2) is 18.2 Å².